The molecule has 1 unspecified atom stereocenters. The number of guanidine groups is 1. The highest BCUT2D eigenvalue weighted by Crippen LogP contribution is 2.29. The first kappa shape index (κ1) is 24.5. The lowest BCUT2D eigenvalue weighted by atomic mass is 10.2. The molecule has 2 fully saturated rings. The highest BCUT2D eigenvalue weighted by Gasteiger charge is 2.28. The third-order valence-corrected chi connectivity index (χ3v) is 4.83. The second-order valence-electron chi connectivity index (χ2n) is 8.74. The molecule has 1 aromatic rings. The van der Waals surface area contributed by atoms with Crippen LogP contribution < -0.4 is 15.4 Å². The lowest BCUT2D eigenvalue weighted by Crippen LogP contribution is -2.44. The van der Waals surface area contributed by atoms with Gasteiger partial charge in [0.25, 0.3) is 0 Å². The zero-order valence-corrected chi connectivity index (χ0v) is 20.6. The Kier molecular flexibility index (Phi) is 8.99. The molecular formula is C21H34IN5O3. The van der Waals surface area contributed by atoms with E-state index in [0.29, 0.717) is 24.9 Å². The molecule has 1 aromatic heterocycles. The van der Waals surface area contributed by atoms with Gasteiger partial charge < -0.3 is 25.0 Å². The van der Waals surface area contributed by atoms with E-state index < -0.39 is 5.60 Å². The fraction of sp³-hybridized carbons (Fsp3) is 0.667. The lowest BCUT2D eigenvalue weighted by molar-refractivity contribution is 0.0507. The van der Waals surface area contributed by atoms with E-state index in [9.17, 15) is 4.79 Å². The van der Waals surface area contributed by atoms with Crippen LogP contribution in [0.3, 0.4) is 0 Å². The third kappa shape index (κ3) is 8.16. The number of aromatic nitrogens is 1. The van der Waals surface area contributed by atoms with Crippen molar-refractivity contribution in [2.45, 2.75) is 58.2 Å². The van der Waals surface area contributed by atoms with Gasteiger partial charge in [0.05, 0.1) is 12.6 Å². The Morgan fingerprint density at radius 1 is 1.33 bits per heavy atom. The SMILES string of the molecule is CN=C(NCc1ccnc(OCC2CC2)c1)N1CCC(NC(=O)OC(C)(C)C)C1.I. The summed E-state index contributed by atoms with van der Waals surface area (Å²) in [6, 6.07) is 3.99. The van der Waals surface area contributed by atoms with Crippen LogP contribution >= 0.6 is 24.0 Å². The Morgan fingerprint density at radius 2 is 2.10 bits per heavy atom. The minimum absolute atomic E-state index is 0. The van der Waals surface area contributed by atoms with Gasteiger partial charge >= 0.3 is 6.09 Å². The number of carbonyl (C=O) groups excluding carboxylic acids is 1. The predicted octanol–water partition coefficient (Wildman–Crippen LogP) is 3.16. The number of rotatable bonds is 6. The summed E-state index contributed by atoms with van der Waals surface area (Å²) in [5.41, 5.74) is 0.598. The van der Waals surface area contributed by atoms with Crippen molar-refractivity contribution >= 4 is 36.0 Å². The fourth-order valence-corrected chi connectivity index (χ4v) is 3.19. The summed E-state index contributed by atoms with van der Waals surface area (Å²) in [5, 5.41) is 6.34. The number of carbonyl (C=O) groups is 1. The molecule has 1 atom stereocenters. The molecule has 2 N–H and O–H groups in total. The first-order valence-corrected chi connectivity index (χ1v) is 10.4. The van der Waals surface area contributed by atoms with Gasteiger partial charge in [-0.25, -0.2) is 9.78 Å². The van der Waals surface area contributed by atoms with Crippen molar-refractivity contribution in [2.24, 2.45) is 10.9 Å². The van der Waals surface area contributed by atoms with Crippen molar-refractivity contribution < 1.29 is 14.3 Å². The number of nitrogens with zero attached hydrogens (tertiary/aromatic N) is 3. The zero-order chi connectivity index (χ0) is 20.9. The van der Waals surface area contributed by atoms with Crippen LogP contribution in [0.5, 0.6) is 5.88 Å². The van der Waals surface area contributed by atoms with E-state index in [1.165, 1.54) is 12.8 Å². The number of nitrogens with one attached hydrogen (secondary N) is 2. The van der Waals surface area contributed by atoms with Crippen LogP contribution in [0.15, 0.2) is 23.3 Å². The molecule has 1 saturated heterocycles. The second kappa shape index (κ2) is 11.0. The van der Waals surface area contributed by atoms with E-state index in [-0.39, 0.29) is 36.1 Å². The van der Waals surface area contributed by atoms with Gasteiger partial charge in [-0.2, -0.15) is 0 Å². The monoisotopic (exact) mass is 531 g/mol. The van der Waals surface area contributed by atoms with Crippen LogP contribution in [-0.4, -0.2) is 60.3 Å². The van der Waals surface area contributed by atoms with Crippen molar-refractivity contribution in [3.05, 3.63) is 23.9 Å². The maximum Gasteiger partial charge on any atom is 0.407 e. The summed E-state index contributed by atoms with van der Waals surface area (Å²) in [7, 11) is 1.77. The van der Waals surface area contributed by atoms with E-state index in [1.54, 1.807) is 13.2 Å². The topological polar surface area (TPSA) is 88.1 Å². The Hall–Kier alpha value is -1.78. The van der Waals surface area contributed by atoms with Gasteiger partial charge in [-0.3, -0.25) is 4.99 Å². The van der Waals surface area contributed by atoms with E-state index >= 15 is 0 Å². The minimum atomic E-state index is -0.494. The molecule has 1 saturated carbocycles. The largest absolute Gasteiger partial charge is 0.477 e. The molecule has 0 radical (unpaired) electrons. The molecule has 1 amide bonds. The van der Waals surface area contributed by atoms with Gasteiger partial charge in [0, 0.05) is 38.9 Å². The van der Waals surface area contributed by atoms with Gasteiger partial charge in [0.2, 0.25) is 5.88 Å². The molecule has 3 rings (SSSR count). The van der Waals surface area contributed by atoms with Crippen molar-refractivity contribution in [1.82, 2.24) is 20.5 Å². The van der Waals surface area contributed by atoms with Gasteiger partial charge in [0.15, 0.2) is 5.96 Å². The molecule has 8 nitrogen and oxygen atoms in total. The first-order valence-electron chi connectivity index (χ1n) is 10.4. The number of alkyl carbamates (subject to hydrolysis) is 1. The minimum Gasteiger partial charge on any atom is -0.477 e. The molecule has 0 spiro atoms. The van der Waals surface area contributed by atoms with E-state index in [2.05, 4.69) is 25.5 Å². The average Bonchev–Trinajstić information content (AvgIpc) is 3.38. The second-order valence-corrected chi connectivity index (χ2v) is 8.74. The molecule has 2 aliphatic rings. The quantitative estimate of drug-likeness (QED) is 0.333. The van der Waals surface area contributed by atoms with Gasteiger partial charge in [-0.15, -0.1) is 24.0 Å². The summed E-state index contributed by atoms with van der Waals surface area (Å²) >= 11 is 0. The normalized spacial score (nSPS) is 19.1. The van der Waals surface area contributed by atoms with E-state index in [1.807, 2.05) is 32.9 Å². The number of amides is 1. The molecule has 0 aromatic carbocycles. The van der Waals surface area contributed by atoms with Gasteiger partial charge in [-0.05, 0) is 57.6 Å². The Morgan fingerprint density at radius 3 is 2.77 bits per heavy atom. The molecule has 1 aliphatic heterocycles. The Balaban J connectivity index is 0.00000320. The third-order valence-electron chi connectivity index (χ3n) is 4.83. The molecule has 168 valence electrons. The van der Waals surface area contributed by atoms with Crippen LogP contribution in [0.4, 0.5) is 4.79 Å². The number of aliphatic imine (C=N–C) groups is 1. The smallest absolute Gasteiger partial charge is 0.407 e. The number of ether oxygens (including phenoxy) is 2. The summed E-state index contributed by atoms with van der Waals surface area (Å²) in [4.78, 5) is 22.8. The summed E-state index contributed by atoms with van der Waals surface area (Å²) in [5.74, 6) is 2.19. The van der Waals surface area contributed by atoms with E-state index in [4.69, 9.17) is 9.47 Å². The maximum atomic E-state index is 12.0. The Bertz CT molecular complexity index is 734. The summed E-state index contributed by atoms with van der Waals surface area (Å²) in [6.45, 7) is 8.50. The number of pyridine rings is 1. The molecular weight excluding hydrogens is 497 g/mol. The molecule has 1 aliphatic carbocycles. The van der Waals surface area contributed by atoms with E-state index in [0.717, 1.165) is 31.1 Å². The van der Waals surface area contributed by atoms with Gasteiger partial charge in [-0.1, -0.05) is 0 Å². The van der Waals surface area contributed by atoms with Crippen molar-refractivity contribution in [2.75, 3.05) is 26.7 Å². The van der Waals surface area contributed by atoms with Crippen molar-refractivity contribution in [1.29, 1.82) is 0 Å². The van der Waals surface area contributed by atoms with Crippen LogP contribution in [0.1, 0.15) is 45.6 Å². The van der Waals surface area contributed by atoms with Crippen LogP contribution in [0, 0.1) is 5.92 Å². The summed E-state index contributed by atoms with van der Waals surface area (Å²) in [6.07, 6.45) is 4.78. The number of hydrogen-bond donors (Lipinski definition) is 2. The number of hydrogen-bond acceptors (Lipinski definition) is 5. The van der Waals surface area contributed by atoms with Crippen molar-refractivity contribution in [3.63, 3.8) is 0 Å². The predicted molar refractivity (Wildman–Crippen MR) is 127 cm³/mol. The van der Waals surface area contributed by atoms with Gasteiger partial charge in [0.1, 0.15) is 5.60 Å². The zero-order valence-electron chi connectivity index (χ0n) is 18.3. The van der Waals surface area contributed by atoms with Crippen molar-refractivity contribution in [3.8, 4) is 5.88 Å². The highest BCUT2D eigenvalue weighted by molar-refractivity contribution is 14.0. The number of halogens is 1. The Labute approximate surface area is 196 Å². The fourth-order valence-electron chi connectivity index (χ4n) is 3.19. The molecule has 2 heterocycles. The first-order chi connectivity index (χ1) is 13.8. The standard InChI is InChI=1S/C21H33N5O3.HI/c1-21(2,3)29-20(27)25-17-8-10-26(13-17)19(22-4)24-12-16-7-9-23-18(11-16)28-14-15-5-6-15;/h7,9,11,15,17H,5-6,8,10,12-14H2,1-4H3,(H,22,24)(H,25,27);1H. The lowest BCUT2D eigenvalue weighted by Gasteiger charge is -2.23. The molecule has 30 heavy (non-hydrogen) atoms. The average molecular weight is 531 g/mol. The summed E-state index contributed by atoms with van der Waals surface area (Å²) < 4.78 is 11.1. The maximum absolute atomic E-state index is 12.0. The van der Waals surface area contributed by atoms with Crippen LogP contribution in [-0.2, 0) is 11.3 Å². The highest BCUT2D eigenvalue weighted by atomic mass is 127. The van der Waals surface area contributed by atoms with Crippen LogP contribution in [0.2, 0.25) is 0 Å². The molecule has 0 bridgehead atoms. The molecule has 9 heteroatoms. The van der Waals surface area contributed by atoms with Crippen LogP contribution in [0.25, 0.3) is 0 Å². The number of likely N-dealkylation sites (tertiary alicyclic amines) is 1.